The molecule has 0 aliphatic heterocycles. The molecule has 0 heterocycles. The Hall–Kier alpha value is -4.61. The van der Waals surface area contributed by atoms with E-state index in [1.54, 1.807) is 18.2 Å². The number of phenols is 1. The fraction of sp³-hybridized carbons (Fsp3) is 0.208. The third kappa shape index (κ3) is 6.93. The van der Waals surface area contributed by atoms with Gasteiger partial charge in [0.05, 0.1) is 5.56 Å². The van der Waals surface area contributed by atoms with E-state index < -0.39 is 35.9 Å². The lowest BCUT2D eigenvalue weighted by Crippen LogP contribution is -2.69. The largest absolute Gasteiger partial charge is 0.507 e. The molecule has 2 aromatic carbocycles. The van der Waals surface area contributed by atoms with E-state index in [0.717, 1.165) is 6.92 Å². The summed E-state index contributed by atoms with van der Waals surface area (Å²) in [4.78, 5) is 36.4. The van der Waals surface area contributed by atoms with Crippen LogP contribution in [0.4, 0.5) is 13.6 Å². The number of rotatable bonds is 6. The Morgan fingerprint density at radius 1 is 1.00 bits per heavy atom. The highest BCUT2D eigenvalue weighted by molar-refractivity contribution is 5.98. The first-order chi connectivity index (χ1) is 16.6. The molecule has 0 aliphatic rings. The van der Waals surface area contributed by atoms with Crippen molar-refractivity contribution in [2.75, 3.05) is 7.05 Å². The molecular formula is C24H22F2N4O5. The van der Waals surface area contributed by atoms with Gasteiger partial charge in [0.15, 0.2) is 0 Å². The quantitative estimate of drug-likeness (QED) is 0.209. The highest BCUT2D eigenvalue weighted by atomic mass is 19.3. The van der Waals surface area contributed by atoms with Crippen molar-refractivity contribution in [3.63, 3.8) is 0 Å². The lowest BCUT2D eigenvalue weighted by atomic mass is 9.91. The zero-order valence-corrected chi connectivity index (χ0v) is 18.6. The number of para-hydroxylation sites is 1. The zero-order chi connectivity index (χ0) is 26.0. The molecule has 9 nitrogen and oxygen atoms in total. The van der Waals surface area contributed by atoms with Crippen molar-refractivity contribution < 1.29 is 33.5 Å². The first-order valence-corrected chi connectivity index (χ1v) is 10.0. The summed E-state index contributed by atoms with van der Waals surface area (Å²) < 4.78 is 27.6. The summed E-state index contributed by atoms with van der Waals surface area (Å²) in [7, 11) is 1.18. The summed E-state index contributed by atoms with van der Waals surface area (Å²) >= 11 is 0. The molecule has 0 bridgehead atoms. The second kappa shape index (κ2) is 12.0. The third-order valence-corrected chi connectivity index (χ3v) is 4.83. The molecule has 0 aliphatic carbocycles. The number of carbonyl (C=O) groups excluding carboxylic acids is 3. The number of nitrogens with one attached hydrogen (secondary N) is 4. The summed E-state index contributed by atoms with van der Waals surface area (Å²) in [5, 5.41) is 24.8. The van der Waals surface area contributed by atoms with Crippen LogP contribution in [-0.2, 0) is 4.79 Å². The summed E-state index contributed by atoms with van der Waals surface area (Å²) in [5.41, 5.74) is -0.435. The van der Waals surface area contributed by atoms with Gasteiger partial charge in [-0.2, -0.15) is 0 Å². The van der Waals surface area contributed by atoms with Crippen molar-refractivity contribution in [3.8, 4) is 29.4 Å². The number of halogens is 2. The van der Waals surface area contributed by atoms with Crippen LogP contribution in [0.3, 0.4) is 0 Å². The predicted octanol–water partition coefficient (Wildman–Crippen LogP) is 1.35. The van der Waals surface area contributed by atoms with Gasteiger partial charge in [0.2, 0.25) is 0 Å². The molecule has 6 N–H and O–H groups in total. The average Bonchev–Trinajstić information content (AvgIpc) is 2.85. The number of benzene rings is 2. The molecule has 2 atom stereocenters. The van der Waals surface area contributed by atoms with E-state index in [9.17, 15) is 28.3 Å². The Bertz CT molecular complexity index is 1210. The summed E-state index contributed by atoms with van der Waals surface area (Å²) in [6, 6.07) is 9.08. The van der Waals surface area contributed by atoms with Crippen LogP contribution in [0.5, 0.6) is 5.75 Å². The van der Waals surface area contributed by atoms with Crippen LogP contribution in [0.25, 0.3) is 0 Å². The molecule has 4 amide bonds. The SMILES string of the molecule is CNC(=O)NC(C)(C(F)F)C(NC(=O)c1ccc(C#CC#Cc2ccccc2O)cc1)C(=O)NO. The van der Waals surface area contributed by atoms with E-state index in [1.807, 2.05) is 5.32 Å². The number of hydrogen-bond donors (Lipinski definition) is 6. The van der Waals surface area contributed by atoms with E-state index >= 15 is 0 Å². The Kier molecular flexibility index (Phi) is 9.15. The standard InChI is InChI=1S/C24H22F2N4O5/c1-24(22(25)26,29-23(34)27-2)19(21(33)30-35)28-20(32)17-13-11-15(12-14-17)7-3-4-8-16-9-5-6-10-18(16)31/h5-6,9-14,19,22,31,35H,1-2H3,(H,28,32)(H,30,33)(H2,27,29,34). The average molecular weight is 484 g/mol. The van der Waals surface area contributed by atoms with Crippen molar-refractivity contribution in [1.82, 2.24) is 21.4 Å². The number of phenolic OH excluding ortho intramolecular Hbond substituents is 1. The number of aromatic hydroxyl groups is 1. The molecule has 0 spiro atoms. The highest BCUT2D eigenvalue weighted by Crippen LogP contribution is 2.21. The second-order valence-electron chi connectivity index (χ2n) is 7.26. The third-order valence-electron chi connectivity index (χ3n) is 4.83. The van der Waals surface area contributed by atoms with Crippen molar-refractivity contribution >= 4 is 17.8 Å². The summed E-state index contributed by atoms with van der Waals surface area (Å²) in [6.45, 7) is 0.849. The van der Waals surface area contributed by atoms with E-state index in [4.69, 9.17) is 5.21 Å². The van der Waals surface area contributed by atoms with Gasteiger partial charge in [-0.3, -0.25) is 14.8 Å². The number of amides is 4. The molecule has 0 radical (unpaired) electrons. The van der Waals surface area contributed by atoms with E-state index in [-0.39, 0.29) is 11.3 Å². The first-order valence-electron chi connectivity index (χ1n) is 10.0. The van der Waals surface area contributed by atoms with Gasteiger partial charge in [-0.15, -0.1) is 0 Å². The fourth-order valence-corrected chi connectivity index (χ4v) is 2.81. The van der Waals surface area contributed by atoms with Crippen LogP contribution < -0.4 is 21.4 Å². The molecular weight excluding hydrogens is 462 g/mol. The molecule has 0 saturated heterocycles. The van der Waals surface area contributed by atoms with Gasteiger partial charge in [0, 0.05) is 18.2 Å². The number of alkyl halides is 2. The van der Waals surface area contributed by atoms with Crippen LogP contribution in [0.2, 0.25) is 0 Å². The van der Waals surface area contributed by atoms with Crippen molar-refractivity contribution in [2.45, 2.75) is 24.9 Å². The van der Waals surface area contributed by atoms with Crippen LogP contribution >= 0.6 is 0 Å². The number of hydrogen-bond acceptors (Lipinski definition) is 5. The van der Waals surface area contributed by atoms with Gasteiger partial charge in [-0.1, -0.05) is 18.1 Å². The molecule has 0 fully saturated rings. The van der Waals surface area contributed by atoms with Gasteiger partial charge in [0.25, 0.3) is 18.2 Å². The Morgan fingerprint density at radius 3 is 2.20 bits per heavy atom. The first kappa shape index (κ1) is 26.6. The number of carbonyl (C=O) groups is 3. The zero-order valence-electron chi connectivity index (χ0n) is 18.6. The van der Waals surface area contributed by atoms with Gasteiger partial charge >= 0.3 is 6.03 Å². The molecule has 182 valence electrons. The maximum absolute atomic E-state index is 13.8. The minimum absolute atomic E-state index is 0.00291. The number of hydroxylamine groups is 1. The Labute approximate surface area is 199 Å². The maximum atomic E-state index is 13.8. The molecule has 2 unspecified atom stereocenters. The summed E-state index contributed by atoms with van der Waals surface area (Å²) in [6.07, 6.45) is -3.29. The van der Waals surface area contributed by atoms with Crippen LogP contribution in [0, 0.1) is 23.7 Å². The molecule has 2 aromatic rings. The minimum atomic E-state index is -3.29. The molecule has 0 saturated carbocycles. The minimum Gasteiger partial charge on any atom is -0.507 e. The molecule has 11 heteroatoms. The monoisotopic (exact) mass is 484 g/mol. The Morgan fingerprint density at radius 2 is 1.63 bits per heavy atom. The molecule has 2 rings (SSSR count). The van der Waals surface area contributed by atoms with E-state index in [1.165, 1.54) is 42.9 Å². The lowest BCUT2D eigenvalue weighted by molar-refractivity contribution is -0.135. The van der Waals surface area contributed by atoms with Gasteiger partial charge in [0.1, 0.15) is 17.3 Å². The van der Waals surface area contributed by atoms with Crippen molar-refractivity contribution in [1.29, 1.82) is 0 Å². The van der Waals surface area contributed by atoms with Gasteiger partial charge in [-0.05, 0) is 61.1 Å². The molecule has 0 aromatic heterocycles. The van der Waals surface area contributed by atoms with Gasteiger partial charge < -0.3 is 21.1 Å². The molecule has 35 heavy (non-hydrogen) atoms. The normalized spacial score (nSPS) is 12.5. The number of urea groups is 1. The maximum Gasteiger partial charge on any atom is 0.315 e. The van der Waals surface area contributed by atoms with E-state index in [2.05, 4.69) is 34.3 Å². The van der Waals surface area contributed by atoms with Crippen LogP contribution in [0.1, 0.15) is 28.4 Å². The highest BCUT2D eigenvalue weighted by Gasteiger charge is 2.48. The fourth-order valence-electron chi connectivity index (χ4n) is 2.81. The van der Waals surface area contributed by atoms with Crippen molar-refractivity contribution in [3.05, 3.63) is 65.2 Å². The summed E-state index contributed by atoms with van der Waals surface area (Å²) in [5.74, 6) is 8.40. The van der Waals surface area contributed by atoms with Crippen LogP contribution in [-0.4, -0.2) is 53.2 Å². The lowest BCUT2D eigenvalue weighted by Gasteiger charge is -2.36. The smallest absolute Gasteiger partial charge is 0.315 e. The van der Waals surface area contributed by atoms with Crippen molar-refractivity contribution in [2.24, 2.45) is 0 Å². The second-order valence-corrected chi connectivity index (χ2v) is 7.26. The Balaban J connectivity index is 2.20. The van der Waals surface area contributed by atoms with Gasteiger partial charge in [-0.25, -0.2) is 19.1 Å². The predicted molar refractivity (Wildman–Crippen MR) is 121 cm³/mol. The van der Waals surface area contributed by atoms with Crippen LogP contribution in [0.15, 0.2) is 48.5 Å². The van der Waals surface area contributed by atoms with E-state index in [0.29, 0.717) is 11.1 Å². The topological polar surface area (TPSA) is 140 Å².